The van der Waals surface area contributed by atoms with Crippen molar-refractivity contribution < 1.29 is 22.7 Å². The van der Waals surface area contributed by atoms with Crippen molar-refractivity contribution in [1.29, 1.82) is 5.26 Å². The number of aromatic nitrogens is 3. The highest BCUT2D eigenvalue weighted by atomic mass is 19.4. The molecule has 1 aliphatic heterocycles. The lowest BCUT2D eigenvalue weighted by atomic mass is 9.94. The van der Waals surface area contributed by atoms with E-state index in [9.17, 15) is 28.0 Å². The van der Waals surface area contributed by atoms with Gasteiger partial charge in [-0.3, -0.25) is 9.47 Å². The van der Waals surface area contributed by atoms with E-state index in [2.05, 4.69) is 31.2 Å². The van der Waals surface area contributed by atoms with Crippen LogP contribution in [0.25, 0.3) is 11.0 Å². The summed E-state index contributed by atoms with van der Waals surface area (Å²) in [5.41, 5.74) is 0.766. The molecule has 10 nitrogen and oxygen atoms in total. The van der Waals surface area contributed by atoms with Crippen molar-refractivity contribution in [3.05, 3.63) is 63.7 Å². The number of methoxy groups -OCH3 is 1. The number of hydrogen-bond donors (Lipinski definition) is 1. The maximum absolute atomic E-state index is 13.3. The van der Waals surface area contributed by atoms with E-state index in [0.29, 0.717) is 54.8 Å². The molecule has 3 heterocycles. The molecule has 0 bridgehead atoms. The normalized spacial score (nSPS) is 18.5. The van der Waals surface area contributed by atoms with Gasteiger partial charge >= 0.3 is 18.0 Å². The smallest absolute Gasteiger partial charge is 0.416 e. The molecule has 1 saturated heterocycles. The van der Waals surface area contributed by atoms with E-state index >= 15 is 0 Å². The molecule has 3 aromatic rings. The van der Waals surface area contributed by atoms with Crippen LogP contribution in [0.3, 0.4) is 0 Å². The van der Waals surface area contributed by atoms with Gasteiger partial charge in [-0.25, -0.2) is 14.6 Å². The minimum atomic E-state index is -4.45. The van der Waals surface area contributed by atoms with Gasteiger partial charge in [-0.1, -0.05) is 26.0 Å². The van der Waals surface area contributed by atoms with E-state index in [1.165, 1.54) is 23.8 Å². The average Bonchev–Trinajstić information content (AvgIpc) is 2.99. The van der Waals surface area contributed by atoms with Crippen molar-refractivity contribution in [2.75, 3.05) is 31.6 Å². The summed E-state index contributed by atoms with van der Waals surface area (Å²) in [7, 11) is 2.88. The highest BCUT2D eigenvalue weighted by Crippen LogP contribution is 2.36. The molecule has 2 aromatic heterocycles. The fourth-order valence-corrected chi connectivity index (χ4v) is 5.60. The number of carbonyl (C=O) groups excluding carboxylic acids is 1. The molecular weight excluding hydrogens is 551 g/mol. The maximum Gasteiger partial charge on any atom is 0.416 e. The topological polar surface area (TPSA) is 116 Å². The molecular formula is C29H34F3N7O3. The van der Waals surface area contributed by atoms with Crippen molar-refractivity contribution in [3.63, 3.8) is 0 Å². The monoisotopic (exact) mass is 585 g/mol. The van der Waals surface area contributed by atoms with Gasteiger partial charge in [0.25, 0.3) is 0 Å². The Labute approximate surface area is 241 Å². The number of fused-ring (bicyclic) bond motifs is 1. The molecule has 42 heavy (non-hydrogen) atoms. The van der Waals surface area contributed by atoms with E-state index in [4.69, 9.17) is 4.74 Å². The molecule has 4 rings (SSSR count). The SMILES string of the molecule is CC[C@H]1CN(C(CCNC(=O)OC)c2ccc(C(F)(F)F)cc2)[C@H](CC)CN1c1nc(=O)n(C)c2ccc(C#N)nc12. The summed E-state index contributed by atoms with van der Waals surface area (Å²) >= 11 is 0. The number of halogens is 3. The third kappa shape index (κ3) is 6.33. The lowest BCUT2D eigenvalue weighted by Crippen LogP contribution is -2.59. The molecule has 0 saturated carbocycles. The average molecular weight is 586 g/mol. The second-order valence-corrected chi connectivity index (χ2v) is 10.3. The van der Waals surface area contributed by atoms with Crippen molar-refractivity contribution in [2.45, 2.75) is 57.4 Å². The summed E-state index contributed by atoms with van der Waals surface area (Å²) in [6, 6.07) is 9.97. The largest absolute Gasteiger partial charge is 0.453 e. The Morgan fingerprint density at radius 1 is 1.12 bits per heavy atom. The molecule has 1 unspecified atom stereocenters. The molecule has 224 valence electrons. The van der Waals surface area contributed by atoms with Crippen LogP contribution in [-0.2, 0) is 18.0 Å². The lowest BCUT2D eigenvalue weighted by Gasteiger charge is -2.50. The zero-order valence-electron chi connectivity index (χ0n) is 24.0. The van der Waals surface area contributed by atoms with Crippen LogP contribution in [0, 0.1) is 11.3 Å². The molecule has 0 radical (unpaired) electrons. The third-order valence-electron chi connectivity index (χ3n) is 7.90. The van der Waals surface area contributed by atoms with Crippen LogP contribution in [0.2, 0.25) is 0 Å². The summed E-state index contributed by atoms with van der Waals surface area (Å²) in [5.74, 6) is 0.411. The number of amides is 1. The summed E-state index contributed by atoms with van der Waals surface area (Å²) < 4.78 is 46.0. The minimum absolute atomic E-state index is 0.0710. The Morgan fingerprint density at radius 3 is 2.40 bits per heavy atom. The third-order valence-corrected chi connectivity index (χ3v) is 7.90. The van der Waals surface area contributed by atoms with Crippen LogP contribution in [0.5, 0.6) is 0 Å². The first kappa shape index (κ1) is 30.8. The van der Waals surface area contributed by atoms with Gasteiger partial charge in [-0.15, -0.1) is 0 Å². The molecule has 0 spiro atoms. The van der Waals surface area contributed by atoms with Crippen LogP contribution in [0.15, 0.2) is 41.2 Å². The van der Waals surface area contributed by atoms with E-state index in [1.54, 1.807) is 19.2 Å². The van der Waals surface area contributed by atoms with E-state index in [1.807, 2.05) is 13.8 Å². The van der Waals surface area contributed by atoms with Gasteiger partial charge in [0.1, 0.15) is 17.3 Å². The van der Waals surface area contributed by atoms with E-state index < -0.39 is 23.5 Å². The van der Waals surface area contributed by atoms with Gasteiger partial charge in [0.05, 0.1) is 18.2 Å². The first-order valence-corrected chi connectivity index (χ1v) is 13.8. The second-order valence-electron chi connectivity index (χ2n) is 10.3. The van der Waals surface area contributed by atoms with Gasteiger partial charge in [-0.05, 0) is 49.1 Å². The van der Waals surface area contributed by atoms with Crippen LogP contribution in [0.1, 0.15) is 56.0 Å². The number of alkyl carbamates (subject to hydrolysis) is 1. The fraction of sp³-hybridized carbons (Fsp3) is 0.483. The number of alkyl halides is 3. The molecule has 1 aliphatic rings. The number of carbonyl (C=O) groups is 1. The highest BCUT2D eigenvalue weighted by molar-refractivity contribution is 5.86. The van der Waals surface area contributed by atoms with Gasteiger partial charge in [0.2, 0.25) is 0 Å². The first-order valence-electron chi connectivity index (χ1n) is 13.8. The number of nitrogens with one attached hydrogen (secondary N) is 1. The number of ether oxygens (including phenoxy) is 1. The van der Waals surface area contributed by atoms with Crippen molar-refractivity contribution >= 4 is 22.9 Å². The van der Waals surface area contributed by atoms with Gasteiger partial charge < -0.3 is 15.0 Å². The Hall–Kier alpha value is -4.18. The number of aryl methyl sites for hydroxylation is 1. The predicted molar refractivity (Wildman–Crippen MR) is 151 cm³/mol. The number of benzene rings is 1. The number of pyridine rings is 1. The molecule has 1 fully saturated rings. The fourth-order valence-electron chi connectivity index (χ4n) is 5.60. The maximum atomic E-state index is 13.3. The van der Waals surface area contributed by atoms with Crippen LogP contribution >= 0.6 is 0 Å². The molecule has 1 aromatic carbocycles. The Balaban J connectivity index is 1.73. The Bertz CT molecular complexity index is 1520. The summed E-state index contributed by atoms with van der Waals surface area (Å²) in [5, 5.41) is 12.2. The quantitative estimate of drug-likeness (QED) is 0.414. The number of rotatable bonds is 8. The van der Waals surface area contributed by atoms with Gasteiger partial charge in [0, 0.05) is 44.8 Å². The second kappa shape index (κ2) is 12.8. The minimum Gasteiger partial charge on any atom is -0.453 e. The van der Waals surface area contributed by atoms with Crippen molar-refractivity contribution in [2.24, 2.45) is 7.05 Å². The zero-order chi connectivity index (χ0) is 30.6. The van der Waals surface area contributed by atoms with Crippen molar-refractivity contribution in [1.82, 2.24) is 24.8 Å². The zero-order valence-corrected chi connectivity index (χ0v) is 24.0. The number of nitriles is 1. The molecule has 1 N–H and O–H groups in total. The molecule has 0 aliphatic carbocycles. The van der Waals surface area contributed by atoms with Crippen LogP contribution < -0.4 is 15.9 Å². The highest BCUT2D eigenvalue weighted by Gasteiger charge is 2.38. The Kier molecular flexibility index (Phi) is 9.36. The van der Waals surface area contributed by atoms with Gasteiger partial charge in [-0.2, -0.15) is 23.4 Å². The summed E-state index contributed by atoms with van der Waals surface area (Å²) in [6.45, 7) is 5.30. The first-order chi connectivity index (χ1) is 20.0. The summed E-state index contributed by atoms with van der Waals surface area (Å²) in [4.78, 5) is 37.8. The molecule has 1 amide bonds. The van der Waals surface area contributed by atoms with E-state index in [-0.39, 0.29) is 30.4 Å². The lowest BCUT2D eigenvalue weighted by molar-refractivity contribution is -0.137. The number of anilines is 1. The standard InChI is InChI=1S/C29H34F3N7O3/c1-5-21-17-39(26-25-24(37(3)27(40)36-26)12-11-20(15-33)35-25)22(6-2)16-38(21)23(13-14-34-28(41)42-4)18-7-9-19(10-8-18)29(30,31)32/h7-12,21-23H,5-6,13-14,16-17H2,1-4H3,(H,34,41)/t21-,22+,23?/m1/s1. The molecule has 3 atom stereocenters. The summed E-state index contributed by atoms with van der Waals surface area (Å²) in [6.07, 6.45) is -3.21. The number of hydrogen-bond acceptors (Lipinski definition) is 8. The van der Waals surface area contributed by atoms with Crippen molar-refractivity contribution in [3.8, 4) is 6.07 Å². The van der Waals surface area contributed by atoms with Gasteiger partial charge in [0.15, 0.2) is 5.82 Å². The van der Waals surface area contributed by atoms with Crippen LogP contribution in [-0.4, -0.2) is 64.4 Å². The Morgan fingerprint density at radius 2 is 1.81 bits per heavy atom. The molecule has 13 heteroatoms. The number of piperazine rings is 1. The van der Waals surface area contributed by atoms with Crippen LogP contribution in [0.4, 0.5) is 23.8 Å². The number of nitrogens with zero attached hydrogens (tertiary/aromatic N) is 6. The predicted octanol–water partition coefficient (Wildman–Crippen LogP) is 4.39. The van der Waals surface area contributed by atoms with E-state index in [0.717, 1.165) is 12.1 Å².